The Labute approximate surface area is 213 Å². The first-order chi connectivity index (χ1) is 18.0. The van der Waals surface area contributed by atoms with Gasteiger partial charge in [0.25, 0.3) is 5.91 Å². The predicted octanol–water partition coefficient (Wildman–Crippen LogP) is 4.25. The van der Waals surface area contributed by atoms with Gasteiger partial charge < -0.3 is 15.6 Å². The minimum atomic E-state index is -0.437. The average molecular weight is 496 g/mol. The summed E-state index contributed by atoms with van der Waals surface area (Å²) in [6, 6.07) is 15.1. The van der Waals surface area contributed by atoms with E-state index >= 15 is 0 Å². The number of pyridine rings is 1. The maximum Gasteiger partial charge on any atom is 0.271 e. The van der Waals surface area contributed by atoms with E-state index in [0.29, 0.717) is 29.1 Å². The van der Waals surface area contributed by atoms with Gasteiger partial charge >= 0.3 is 0 Å². The molecule has 3 aromatic heterocycles. The molecule has 0 saturated heterocycles. The van der Waals surface area contributed by atoms with E-state index in [9.17, 15) is 9.18 Å². The Balaban J connectivity index is 1.16. The Morgan fingerprint density at radius 2 is 1.86 bits per heavy atom. The highest BCUT2D eigenvalue weighted by Crippen LogP contribution is 2.39. The van der Waals surface area contributed by atoms with E-state index in [4.69, 9.17) is 5.73 Å². The number of anilines is 1. The molecular formula is C28H26FN7O. The lowest BCUT2D eigenvalue weighted by Gasteiger charge is -2.08. The largest absolute Gasteiger partial charge is 0.383 e. The lowest BCUT2D eigenvalue weighted by Crippen LogP contribution is -2.23. The van der Waals surface area contributed by atoms with E-state index in [-0.39, 0.29) is 18.3 Å². The second-order valence-corrected chi connectivity index (χ2v) is 9.45. The minimum Gasteiger partial charge on any atom is -0.383 e. The summed E-state index contributed by atoms with van der Waals surface area (Å²) in [6.45, 7) is 1.40. The lowest BCUT2D eigenvalue weighted by atomic mass is 10.1. The molecule has 0 aliphatic heterocycles. The van der Waals surface area contributed by atoms with Gasteiger partial charge in [0.2, 0.25) is 0 Å². The van der Waals surface area contributed by atoms with Crippen LogP contribution in [0.25, 0.3) is 10.8 Å². The molecule has 0 unspecified atom stereocenters. The van der Waals surface area contributed by atoms with Crippen molar-refractivity contribution >= 4 is 22.5 Å². The summed E-state index contributed by atoms with van der Waals surface area (Å²) in [5, 5.41) is 8.40. The monoisotopic (exact) mass is 495 g/mol. The average Bonchev–Trinajstić information content (AvgIpc) is 3.45. The molecule has 8 nitrogen and oxygen atoms in total. The number of nitrogen functional groups attached to an aromatic ring is 1. The molecule has 1 aliphatic carbocycles. The highest BCUT2D eigenvalue weighted by atomic mass is 19.1. The number of aromatic nitrogens is 5. The van der Waals surface area contributed by atoms with Crippen LogP contribution in [0, 0.1) is 5.82 Å². The molecule has 186 valence electrons. The number of nitrogens with two attached hydrogens (primary N) is 1. The van der Waals surface area contributed by atoms with Crippen molar-refractivity contribution in [2.45, 2.75) is 38.4 Å². The normalized spacial score (nSPS) is 13.2. The first-order valence-electron chi connectivity index (χ1n) is 12.3. The van der Waals surface area contributed by atoms with Gasteiger partial charge in [0.1, 0.15) is 23.2 Å². The number of hydrogen-bond donors (Lipinski definition) is 2. The van der Waals surface area contributed by atoms with Gasteiger partial charge in [-0.2, -0.15) is 5.10 Å². The van der Waals surface area contributed by atoms with Gasteiger partial charge in [0.15, 0.2) is 0 Å². The Morgan fingerprint density at radius 1 is 1.08 bits per heavy atom. The van der Waals surface area contributed by atoms with Crippen LogP contribution in [0.15, 0.2) is 73.3 Å². The second kappa shape index (κ2) is 9.50. The van der Waals surface area contributed by atoms with Gasteiger partial charge in [0, 0.05) is 54.7 Å². The molecule has 0 radical (unpaired) electrons. The van der Waals surface area contributed by atoms with Crippen LogP contribution in [0.1, 0.15) is 51.8 Å². The van der Waals surface area contributed by atoms with Crippen LogP contribution < -0.4 is 11.1 Å². The second-order valence-electron chi connectivity index (χ2n) is 9.45. The number of nitrogens with one attached hydrogen (secondary N) is 1. The molecule has 6 rings (SSSR count). The van der Waals surface area contributed by atoms with Crippen LogP contribution in [-0.4, -0.2) is 30.2 Å². The standard InChI is InChI=1S/C28H26FN7O/c29-24-13-23-21(8-10-31-26(23)30)12-22(24)14-32-28(37)25-17-35(27(34-25)20-6-7-20)15-18-2-4-19(5-3-18)16-36-11-1-9-33-36/h1-5,8-13,17,20H,6-7,14-16H2,(H2,30,31)(H,32,37). The number of benzene rings is 2. The molecule has 0 spiro atoms. The number of fused-ring (bicyclic) bond motifs is 1. The zero-order chi connectivity index (χ0) is 25.4. The zero-order valence-corrected chi connectivity index (χ0v) is 20.1. The van der Waals surface area contributed by atoms with Gasteiger partial charge in [-0.15, -0.1) is 0 Å². The van der Waals surface area contributed by atoms with Crippen molar-refractivity contribution in [3.05, 3.63) is 107 Å². The first kappa shape index (κ1) is 22.9. The maximum absolute atomic E-state index is 14.7. The van der Waals surface area contributed by atoms with Crippen LogP contribution >= 0.6 is 0 Å². The summed E-state index contributed by atoms with van der Waals surface area (Å²) < 4.78 is 18.6. The molecular weight excluding hydrogens is 469 g/mol. The first-order valence-corrected chi connectivity index (χ1v) is 12.3. The fourth-order valence-electron chi connectivity index (χ4n) is 4.53. The number of carbonyl (C=O) groups excluding carboxylic acids is 1. The SMILES string of the molecule is Nc1nccc2cc(CNC(=O)c3cn(Cc4ccc(Cn5cccn5)cc4)c(C4CC4)n3)c(F)cc12. The topological polar surface area (TPSA) is 104 Å². The third-order valence-corrected chi connectivity index (χ3v) is 6.66. The smallest absolute Gasteiger partial charge is 0.271 e. The summed E-state index contributed by atoms with van der Waals surface area (Å²) in [5.74, 6) is 0.803. The number of hydrogen-bond acceptors (Lipinski definition) is 5. The summed E-state index contributed by atoms with van der Waals surface area (Å²) in [7, 11) is 0. The number of imidazole rings is 1. The molecule has 0 bridgehead atoms. The van der Waals surface area contributed by atoms with Crippen molar-refractivity contribution in [1.82, 2.24) is 29.6 Å². The minimum absolute atomic E-state index is 0.0478. The number of amides is 1. The fraction of sp³-hybridized carbons (Fsp3) is 0.214. The molecule has 37 heavy (non-hydrogen) atoms. The zero-order valence-electron chi connectivity index (χ0n) is 20.1. The van der Waals surface area contributed by atoms with E-state index in [0.717, 1.165) is 36.2 Å². The molecule has 1 amide bonds. The van der Waals surface area contributed by atoms with E-state index in [1.807, 2.05) is 16.9 Å². The van der Waals surface area contributed by atoms with Crippen molar-refractivity contribution in [3.63, 3.8) is 0 Å². The van der Waals surface area contributed by atoms with Crippen LogP contribution in [0.3, 0.4) is 0 Å². The van der Waals surface area contributed by atoms with Crippen molar-refractivity contribution in [2.24, 2.45) is 0 Å². The van der Waals surface area contributed by atoms with Gasteiger partial charge in [-0.05, 0) is 53.6 Å². The number of halogens is 1. The molecule has 1 fully saturated rings. The highest BCUT2D eigenvalue weighted by Gasteiger charge is 2.30. The molecule has 1 aliphatic rings. The van der Waals surface area contributed by atoms with E-state index in [2.05, 4.69) is 49.2 Å². The third kappa shape index (κ3) is 4.93. The van der Waals surface area contributed by atoms with E-state index in [1.165, 1.54) is 11.6 Å². The molecule has 2 aromatic carbocycles. The van der Waals surface area contributed by atoms with Crippen LogP contribution in [-0.2, 0) is 19.6 Å². The fourth-order valence-corrected chi connectivity index (χ4v) is 4.53. The van der Waals surface area contributed by atoms with Crippen molar-refractivity contribution < 1.29 is 9.18 Å². The quantitative estimate of drug-likeness (QED) is 0.335. The maximum atomic E-state index is 14.7. The molecule has 9 heteroatoms. The molecule has 3 N–H and O–H groups in total. The Bertz CT molecular complexity index is 1570. The Hall–Kier alpha value is -4.53. The van der Waals surface area contributed by atoms with Crippen LogP contribution in [0.5, 0.6) is 0 Å². The summed E-state index contributed by atoms with van der Waals surface area (Å²) >= 11 is 0. The summed E-state index contributed by atoms with van der Waals surface area (Å²) in [4.78, 5) is 21.6. The van der Waals surface area contributed by atoms with E-state index < -0.39 is 5.82 Å². The van der Waals surface area contributed by atoms with Gasteiger partial charge in [-0.3, -0.25) is 9.48 Å². The summed E-state index contributed by atoms with van der Waals surface area (Å²) in [5.41, 5.74) is 8.86. The molecule has 1 saturated carbocycles. The van der Waals surface area contributed by atoms with Crippen molar-refractivity contribution in [2.75, 3.05) is 5.73 Å². The Morgan fingerprint density at radius 3 is 2.59 bits per heavy atom. The number of rotatable bonds is 8. The van der Waals surface area contributed by atoms with Crippen molar-refractivity contribution in [1.29, 1.82) is 0 Å². The van der Waals surface area contributed by atoms with Gasteiger partial charge in [-0.1, -0.05) is 24.3 Å². The van der Waals surface area contributed by atoms with Crippen LogP contribution in [0.2, 0.25) is 0 Å². The number of nitrogens with zero attached hydrogens (tertiary/aromatic N) is 5. The van der Waals surface area contributed by atoms with E-state index in [1.54, 1.807) is 30.7 Å². The lowest BCUT2D eigenvalue weighted by molar-refractivity contribution is 0.0946. The molecule has 5 aromatic rings. The van der Waals surface area contributed by atoms with Crippen molar-refractivity contribution in [3.8, 4) is 0 Å². The summed E-state index contributed by atoms with van der Waals surface area (Å²) in [6.07, 6.45) is 9.23. The highest BCUT2D eigenvalue weighted by molar-refractivity contribution is 5.93. The van der Waals surface area contributed by atoms with Crippen LogP contribution in [0.4, 0.5) is 10.2 Å². The molecule has 3 heterocycles. The third-order valence-electron chi connectivity index (χ3n) is 6.66. The number of carbonyl (C=O) groups is 1. The van der Waals surface area contributed by atoms with Gasteiger partial charge in [0.05, 0.1) is 6.54 Å². The van der Waals surface area contributed by atoms with Gasteiger partial charge in [-0.25, -0.2) is 14.4 Å². The predicted molar refractivity (Wildman–Crippen MR) is 138 cm³/mol. The Kier molecular flexibility index (Phi) is 5.88. The molecule has 0 atom stereocenters.